The van der Waals surface area contributed by atoms with Crippen molar-refractivity contribution in [1.82, 2.24) is 19.4 Å². The van der Waals surface area contributed by atoms with E-state index in [4.69, 9.17) is 0 Å². The van der Waals surface area contributed by atoms with Crippen LogP contribution in [0.5, 0.6) is 0 Å². The largest absolute Gasteiger partial charge is 0.350 e. The van der Waals surface area contributed by atoms with Crippen LogP contribution in [0.4, 0.5) is 0 Å². The van der Waals surface area contributed by atoms with Crippen molar-refractivity contribution < 1.29 is 4.79 Å². The molecule has 1 N–H and O–H groups in total. The Morgan fingerprint density at radius 3 is 2.67 bits per heavy atom. The number of amides is 1. The Hall–Kier alpha value is -2.44. The predicted octanol–water partition coefficient (Wildman–Crippen LogP) is -0.228. The molecular weight excluding hydrogens is 272 g/mol. The lowest BCUT2D eigenvalue weighted by Crippen LogP contribution is -2.37. The number of nitrogens with zero attached hydrogens (tertiary/aromatic N) is 3. The van der Waals surface area contributed by atoms with E-state index in [0.29, 0.717) is 17.8 Å². The second-order valence-corrected chi connectivity index (χ2v) is 5.43. The number of pyridine rings is 1. The van der Waals surface area contributed by atoms with Crippen LogP contribution in [0.1, 0.15) is 23.3 Å². The SMILES string of the molecule is Cn1c(=O)c2ccc(C(=O)NCC3CC3)nc2n(C)c1=O. The summed E-state index contributed by atoms with van der Waals surface area (Å²) in [6.07, 6.45) is 2.30. The first-order valence-electron chi connectivity index (χ1n) is 6.84. The standard InChI is InChI=1S/C14H16N4O3/c1-17-11-9(13(20)18(2)14(17)21)5-6-10(16-11)12(19)15-7-8-3-4-8/h5-6,8H,3-4,7H2,1-2H3,(H,15,19). The molecule has 0 atom stereocenters. The second kappa shape index (κ2) is 4.83. The van der Waals surface area contributed by atoms with Gasteiger partial charge in [0.2, 0.25) is 0 Å². The molecule has 1 amide bonds. The lowest BCUT2D eigenvalue weighted by atomic mass is 10.2. The first kappa shape index (κ1) is 13.5. The van der Waals surface area contributed by atoms with Crippen molar-refractivity contribution in [3.05, 3.63) is 38.7 Å². The molecule has 0 saturated heterocycles. The number of hydrogen-bond acceptors (Lipinski definition) is 4. The summed E-state index contributed by atoms with van der Waals surface area (Å²) in [5, 5.41) is 3.13. The molecule has 110 valence electrons. The van der Waals surface area contributed by atoms with E-state index in [9.17, 15) is 14.4 Å². The molecule has 21 heavy (non-hydrogen) atoms. The number of aryl methyl sites for hydroxylation is 1. The molecule has 7 nitrogen and oxygen atoms in total. The summed E-state index contributed by atoms with van der Waals surface area (Å²) in [6, 6.07) is 3.05. The highest BCUT2D eigenvalue weighted by Crippen LogP contribution is 2.27. The van der Waals surface area contributed by atoms with Crippen LogP contribution in [0, 0.1) is 5.92 Å². The molecule has 1 aliphatic carbocycles. The van der Waals surface area contributed by atoms with Gasteiger partial charge in [-0.2, -0.15) is 0 Å². The summed E-state index contributed by atoms with van der Waals surface area (Å²) in [5.74, 6) is 0.294. The minimum absolute atomic E-state index is 0.214. The normalized spacial score (nSPS) is 14.4. The monoisotopic (exact) mass is 288 g/mol. The molecule has 0 aliphatic heterocycles. The van der Waals surface area contributed by atoms with Crippen molar-refractivity contribution in [3.8, 4) is 0 Å². The van der Waals surface area contributed by atoms with Gasteiger partial charge in [-0.05, 0) is 30.9 Å². The fraction of sp³-hybridized carbons (Fsp3) is 0.429. The third-order valence-corrected chi connectivity index (χ3v) is 3.78. The molecule has 0 spiro atoms. The molecule has 1 saturated carbocycles. The van der Waals surface area contributed by atoms with E-state index in [0.717, 1.165) is 17.4 Å². The minimum atomic E-state index is -0.462. The van der Waals surface area contributed by atoms with Gasteiger partial charge in [0, 0.05) is 20.6 Å². The number of aromatic nitrogens is 3. The second-order valence-electron chi connectivity index (χ2n) is 5.43. The molecule has 1 fully saturated rings. The van der Waals surface area contributed by atoms with Gasteiger partial charge in [0.05, 0.1) is 5.39 Å². The molecule has 3 rings (SSSR count). The number of carbonyl (C=O) groups excluding carboxylic acids is 1. The predicted molar refractivity (Wildman–Crippen MR) is 77.3 cm³/mol. The molecule has 2 aromatic heterocycles. The van der Waals surface area contributed by atoms with E-state index in [1.54, 1.807) is 0 Å². The highest BCUT2D eigenvalue weighted by Gasteiger charge is 2.22. The smallest absolute Gasteiger partial charge is 0.332 e. The van der Waals surface area contributed by atoms with Crippen LogP contribution in [0.15, 0.2) is 21.7 Å². The van der Waals surface area contributed by atoms with Crippen LogP contribution < -0.4 is 16.6 Å². The van der Waals surface area contributed by atoms with Crippen molar-refractivity contribution in [2.75, 3.05) is 6.54 Å². The fourth-order valence-corrected chi connectivity index (χ4v) is 2.23. The molecule has 2 aromatic rings. The first-order valence-corrected chi connectivity index (χ1v) is 6.84. The van der Waals surface area contributed by atoms with Gasteiger partial charge in [0.1, 0.15) is 11.3 Å². The maximum absolute atomic E-state index is 12.0. The van der Waals surface area contributed by atoms with Gasteiger partial charge in [0.15, 0.2) is 0 Å². The zero-order chi connectivity index (χ0) is 15.1. The minimum Gasteiger partial charge on any atom is -0.350 e. The first-order chi connectivity index (χ1) is 9.99. The Labute approximate surface area is 120 Å². The highest BCUT2D eigenvalue weighted by molar-refractivity contribution is 5.94. The van der Waals surface area contributed by atoms with Crippen LogP contribution >= 0.6 is 0 Å². The lowest BCUT2D eigenvalue weighted by Gasteiger charge is -2.08. The van der Waals surface area contributed by atoms with E-state index in [1.807, 2.05) is 0 Å². The van der Waals surface area contributed by atoms with Gasteiger partial charge in [-0.1, -0.05) is 0 Å². The van der Waals surface area contributed by atoms with Crippen molar-refractivity contribution in [2.45, 2.75) is 12.8 Å². The average molecular weight is 288 g/mol. The van der Waals surface area contributed by atoms with Crippen LogP contribution in [-0.2, 0) is 14.1 Å². The van der Waals surface area contributed by atoms with Crippen molar-refractivity contribution in [3.63, 3.8) is 0 Å². The molecule has 0 radical (unpaired) electrons. The fourth-order valence-electron chi connectivity index (χ4n) is 2.23. The van der Waals surface area contributed by atoms with Crippen molar-refractivity contribution in [2.24, 2.45) is 20.0 Å². The molecule has 1 aliphatic rings. The van der Waals surface area contributed by atoms with E-state index in [1.165, 1.54) is 30.8 Å². The number of carbonyl (C=O) groups is 1. The van der Waals surface area contributed by atoms with Crippen LogP contribution in [0.25, 0.3) is 11.0 Å². The summed E-state index contributed by atoms with van der Waals surface area (Å²) >= 11 is 0. The number of nitrogens with one attached hydrogen (secondary N) is 1. The van der Waals surface area contributed by atoms with Gasteiger partial charge >= 0.3 is 5.69 Å². The van der Waals surface area contributed by atoms with Crippen molar-refractivity contribution >= 4 is 16.9 Å². The maximum atomic E-state index is 12.0. The van der Waals surface area contributed by atoms with Gasteiger partial charge < -0.3 is 5.32 Å². The number of rotatable bonds is 3. The zero-order valence-corrected chi connectivity index (χ0v) is 11.9. The summed E-state index contributed by atoms with van der Waals surface area (Å²) < 4.78 is 2.30. The van der Waals surface area contributed by atoms with E-state index in [2.05, 4.69) is 10.3 Å². The van der Waals surface area contributed by atoms with Gasteiger partial charge in [0.25, 0.3) is 11.5 Å². The van der Waals surface area contributed by atoms with E-state index in [-0.39, 0.29) is 17.2 Å². The summed E-state index contributed by atoms with van der Waals surface area (Å²) in [7, 11) is 2.95. The topological polar surface area (TPSA) is 86.0 Å². The third-order valence-electron chi connectivity index (χ3n) is 3.78. The third kappa shape index (κ3) is 2.35. The Morgan fingerprint density at radius 1 is 1.29 bits per heavy atom. The Bertz CT molecular complexity index is 846. The summed E-state index contributed by atoms with van der Waals surface area (Å²) in [4.78, 5) is 40.1. The Morgan fingerprint density at radius 2 is 2.00 bits per heavy atom. The number of fused-ring (bicyclic) bond motifs is 1. The number of hydrogen-bond donors (Lipinski definition) is 1. The Balaban J connectivity index is 2.05. The van der Waals surface area contributed by atoms with Crippen LogP contribution in [-0.4, -0.2) is 26.6 Å². The Kier molecular flexibility index (Phi) is 3.12. The van der Waals surface area contributed by atoms with Gasteiger partial charge in [-0.25, -0.2) is 9.78 Å². The molecule has 0 bridgehead atoms. The molecule has 2 heterocycles. The molecule has 0 aromatic carbocycles. The van der Waals surface area contributed by atoms with Crippen molar-refractivity contribution in [1.29, 1.82) is 0 Å². The molecular formula is C14H16N4O3. The zero-order valence-electron chi connectivity index (χ0n) is 11.9. The highest BCUT2D eigenvalue weighted by atomic mass is 16.2. The van der Waals surface area contributed by atoms with Gasteiger partial charge in [-0.3, -0.25) is 18.7 Å². The summed E-state index contributed by atoms with van der Waals surface area (Å²) in [5.41, 5.74) is -0.436. The molecule has 7 heteroatoms. The van der Waals surface area contributed by atoms with E-state index >= 15 is 0 Å². The van der Waals surface area contributed by atoms with Crippen LogP contribution in [0.3, 0.4) is 0 Å². The van der Waals surface area contributed by atoms with Crippen LogP contribution in [0.2, 0.25) is 0 Å². The maximum Gasteiger partial charge on any atom is 0.332 e. The molecule has 0 unspecified atom stereocenters. The van der Waals surface area contributed by atoms with Gasteiger partial charge in [-0.15, -0.1) is 0 Å². The van der Waals surface area contributed by atoms with E-state index < -0.39 is 11.2 Å². The lowest BCUT2D eigenvalue weighted by molar-refractivity contribution is 0.0947. The average Bonchev–Trinajstić information content (AvgIpc) is 3.32. The summed E-state index contributed by atoms with van der Waals surface area (Å²) in [6.45, 7) is 0.647. The quantitative estimate of drug-likeness (QED) is 0.845.